The number of nitrogens with zero attached hydrogens (tertiary/aromatic N) is 3. The first-order valence-electron chi connectivity index (χ1n) is 9.51. The second-order valence-corrected chi connectivity index (χ2v) is 8.58. The molecule has 0 aliphatic carbocycles. The lowest BCUT2D eigenvalue weighted by molar-refractivity contribution is 0.0952. The van der Waals surface area contributed by atoms with E-state index in [1.165, 1.54) is 6.07 Å². The van der Waals surface area contributed by atoms with Gasteiger partial charge in [0.1, 0.15) is 4.90 Å². The van der Waals surface area contributed by atoms with E-state index in [0.29, 0.717) is 23.4 Å². The largest absolute Gasteiger partial charge is 0.352 e. The van der Waals surface area contributed by atoms with Crippen LogP contribution in [0.4, 0.5) is 5.69 Å². The molecule has 1 amide bonds. The number of nitrogens with one attached hydrogen (secondary N) is 2. The molecule has 9 heteroatoms. The second-order valence-electron chi connectivity index (χ2n) is 7.00. The summed E-state index contributed by atoms with van der Waals surface area (Å²) < 4.78 is 29.9. The van der Waals surface area contributed by atoms with E-state index < -0.39 is 10.0 Å². The molecule has 30 heavy (non-hydrogen) atoms. The van der Waals surface area contributed by atoms with Gasteiger partial charge in [0.15, 0.2) is 5.84 Å². The molecular weight excluding hydrogens is 402 g/mol. The number of amidine groups is 1. The summed E-state index contributed by atoms with van der Waals surface area (Å²) in [6.07, 6.45) is 4.55. The van der Waals surface area contributed by atoms with Crippen LogP contribution >= 0.6 is 0 Å². The van der Waals surface area contributed by atoms with E-state index >= 15 is 0 Å². The lowest BCUT2D eigenvalue weighted by Crippen LogP contribution is -2.25. The van der Waals surface area contributed by atoms with Crippen LogP contribution in [0.3, 0.4) is 0 Å². The summed E-state index contributed by atoms with van der Waals surface area (Å²) >= 11 is 0. The van der Waals surface area contributed by atoms with Gasteiger partial charge < -0.3 is 10.6 Å². The van der Waals surface area contributed by atoms with Gasteiger partial charge in [0.05, 0.1) is 6.20 Å². The number of rotatable bonds is 6. The van der Waals surface area contributed by atoms with Crippen LogP contribution in [-0.4, -0.2) is 36.5 Å². The first-order chi connectivity index (χ1) is 14.4. The first kappa shape index (κ1) is 19.8. The van der Waals surface area contributed by atoms with Crippen molar-refractivity contribution in [2.24, 2.45) is 4.40 Å². The molecule has 0 saturated heterocycles. The fourth-order valence-electron chi connectivity index (χ4n) is 3.17. The summed E-state index contributed by atoms with van der Waals surface area (Å²) in [6.45, 7) is 3.27. The Balaban J connectivity index is 1.33. The molecule has 0 radical (unpaired) electrons. The minimum atomic E-state index is -3.67. The number of carbonyl (C=O) groups is 1. The Kier molecular flexibility index (Phi) is 5.37. The maximum absolute atomic E-state index is 12.3. The number of aryl methyl sites for hydroxylation is 2. The monoisotopic (exact) mass is 423 g/mol. The summed E-state index contributed by atoms with van der Waals surface area (Å²) in [5, 5.41) is 10.1. The predicted molar refractivity (Wildman–Crippen MR) is 114 cm³/mol. The standard InChI is InChI=1S/C21H21N5O3S/c1-15-13-23-26(14-15)12-4-11-22-21(27)16-7-9-17(10-8-16)24-20-18-5-2-3-6-19(18)30(28,29)25-20/h2-3,5-10,13-14H,4,11-12H2,1H3,(H,22,27)(H,24,25). The lowest BCUT2D eigenvalue weighted by atomic mass is 10.1. The van der Waals surface area contributed by atoms with Crippen molar-refractivity contribution in [2.75, 3.05) is 11.9 Å². The van der Waals surface area contributed by atoms with Gasteiger partial charge in [-0.05, 0) is 55.3 Å². The van der Waals surface area contributed by atoms with Gasteiger partial charge >= 0.3 is 0 Å². The van der Waals surface area contributed by atoms with E-state index in [1.807, 2.05) is 17.8 Å². The fourth-order valence-corrected chi connectivity index (χ4v) is 4.35. The number of hydrogen-bond donors (Lipinski definition) is 2. The van der Waals surface area contributed by atoms with Crippen LogP contribution in [0.25, 0.3) is 0 Å². The van der Waals surface area contributed by atoms with Gasteiger partial charge in [-0.15, -0.1) is 4.40 Å². The third kappa shape index (κ3) is 4.25. The van der Waals surface area contributed by atoms with Gasteiger partial charge in [0.25, 0.3) is 15.9 Å². The van der Waals surface area contributed by atoms with E-state index in [1.54, 1.807) is 48.7 Å². The summed E-state index contributed by atoms with van der Waals surface area (Å²) in [5.41, 5.74) is 2.81. The average molecular weight is 423 g/mol. The van der Waals surface area contributed by atoms with Crippen LogP contribution in [-0.2, 0) is 16.6 Å². The molecule has 4 rings (SSSR count). The zero-order valence-electron chi connectivity index (χ0n) is 16.4. The highest BCUT2D eigenvalue weighted by atomic mass is 32.2. The minimum Gasteiger partial charge on any atom is -0.352 e. The van der Waals surface area contributed by atoms with Crippen molar-refractivity contribution in [1.29, 1.82) is 0 Å². The molecule has 0 saturated carbocycles. The van der Waals surface area contributed by atoms with Crippen molar-refractivity contribution >= 4 is 27.5 Å². The summed E-state index contributed by atoms with van der Waals surface area (Å²) in [4.78, 5) is 12.5. The van der Waals surface area contributed by atoms with Crippen LogP contribution in [0.1, 0.15) is 27.9 Å². The van der Waals surface area contributed by atoms with Crippen molar-refractivity contribution in [1.82, 2.24) is 15.1 Å². The molecule has 0 spiro atoms. The van der Waals surface area contributed by atoms with E-state index in [-0.39, 0.29) is 16.6 Å². The molecule has 2 aromatic carbocycles. The molecule has 0 atom stereocenters. The number of hydrogen-bond acceptors (Lipinski definition) is 5. The Morgan fingerprint density at radius 2 is 1.87 bits per heavy atom. The molecule has 3 aromatic rings. The highest BCUT2D eigenvalue weighted by Crippen LogP contribution is 2.26. The summed E-state index contributed by atoms with van der Waals surface area (Å²) in [5.74, 6) is 0.112. The van der Waals surface area contributed by atoms with Gasteiger partial charge in [0.2, 0.25) is 0 Å². The fraction of sp³-hybridized carbons (Fsp3) is 0.190. The van der Waals surface area contributed by atoms with E-state index in [4.69, 9.17) is 0 Å². The number of fused-ring (bicyclic) bond motifs is 1. The summed E-state index contributed by atoms with van der Waals surface area (Å²) in [7, 11) is -3.67. The van der Waals surface area contributed by atoms with Crippen LogP contribution in [0.15, 0.2) is 70.2 Å². The molecule has 0 fully saturated rings. The lowest BCUT2D eigenvalue weighted by Gasteiger charge is -2.08. The Bertz CT molecular complexity index is 1210. The average Bonchev–Trinajstić information content (AvgIpc) is 3.26. The highest BCUT2D eigenvalue weighted by Gasteiger charge is 2.28. The normalized spacial score (nSPS) is 14.1. The summed E-state index contributed by atoms with van der Waals surface area (Å²) in [6, 6.07) is 13.5. The number of amides is 1. The Morgan fingerprint density at radius 3 is 2.60 bits per heavy atom. The van der Waals surface area contributed by atoms with Gasteiger partial charge in [-0.25, -0.2) is 0 Å². The van der Waals surface area contributed by atoms with Crippen molar-refractivity contribution < 1.29 is 13.2 Å². The zero-order chi connectivity index (χ0) is 21.1. The molecule has 2 heterocycles. The Hall–Kier alpha value is -3.46. The van der Waals surface area contributed by atoms with Crippen molar-refractivity contribution in [3.63, 3.8) is 0 Å². The van der Waals surface area contributed by atoms with Gasteiger partial charge in [-0.2, -0.15) is 13.5 Å². The number of aromatic nitrogens is 2. The quantitative estimate of drug-likeness (QED) is 0.593. The molecule has 2 N–H and O–H groups in total. The Morgan fingerprint density at radius 1 is 1.10 bits per heavy atom. The van der Waals surface area contributed by atoms with Crippen molar-refractivity contribution in [2.45, 2.75) is 24.8 Å². The van der Waals surface area contributed by atoms with Crippen molar-refractivity contribution in [3.8, 4) is 0 Å². The topological polar surface area (TPSA) is 105 Å². The van der Waals surface area contributed by atoms with E-state index in [0.717, 1.165) is 18.5 Å². The SMILES string of the molecule is Cc1cnn(CCCNC(=O)c2ccc(NC3=NS(=O)(=O)c4ccccc43)cc2)c1. The molecule has 8 nitrogen and oxygen atoms in total. The smallest absolute Gasteiger partial charge is 0.285 e. The zero-order valence-corrected chi connectivity index (χ0v) is 17.2. The van der Waals surface area contributed by atoms with Crippen LogP contribution in [0.5, 0.6) is 0 Å². The number of sulfonamides is 1. The third-order valence-electron chi connectivity index (χ3n) is 4.65. The maximum Gasteiger partial charge on any atom is 0.285 e. The van der Waals surface area contributed by atoms with Crippen LogP contribution in [0, 0.1) is 6.92 Å². The van der Waals surface area contributed by atoms with Crippen LogP contribution in [0.2, 0.25) is 0 Å². The van der Waals surface area contributed by atoms with E-state index in [2.05, 4.69) is 20.1 Å². The first-order valence-corrected chi connectivity index (χ1v) is 11.0. The van der Waals surface area contributed by atoms with Gasteiger partial charge in [-0.3, -0.25) is 9.48 Å². The molecule has 1 aromatic heterocycles. The second kappa shape index (κ2) is 8.11. The molecule has 1 aliphatic rings. The maximum atomic E-state index is 12.3. The molecular formula is C21H21N5O3S. The van der Waals surface area contributed by atoms with Crippen LogP contribution < -0.4 is 10.6 Å². The van der Waals surface area contributed by atoms with Gasteiger partial charge in [0, 0.05) is 36.1 Å². The van der Waals surface area contributed by atoms with Crippen molar-refractivity contribution in [3.05, 3.63) is 77.6 Å². The number of anilines is 1. The third-order valence-corrected chi connectivity index (χ3v) is 5.99. The number of carbonyl (C=O) groups excluding carboxylic acids is 1. The Labute approximate surface area is 174 Å². The highest BCUT2D eigenvalue weighted by molar-refractivity contribution is 7.90. The molecule has 154 valence electrons. The predicted octanol–water partition coefficient (Wildman–Crippen LogP) is 2.57. The molecule has 0 unspecified atom stereocenters. The minimum absolute atomic E-state index is 0.163. The molecule has 1 aliphatic heterocycles. The van der Waals surface area contributed by atoms with E-state index in [9.17, 15) is 13.2 Å². The number of benzene rings is 2. The van der Waals surface area contributed by atoms with Gasteiger partial charge in [-0.1, -0.05) is 12.1 Å². The molecule has 0 bridgehead atoms.